The Bertz CT molecular complexity index is 1340. The van der Waals surface area contributed by atoms with E-state index in [1.54, 1.807) is 43.5 Å². The summed E-state index contributed by atoms with van der Waals surface area (Å²) in [6, 6.07) is 30.6. The number of nitro benzene ring substituents is 1. The van der Waals surface area contributed by atoms with Crippen LogP contribution in [0.4, 0.5) is 11.4 Å². The molecule has 0 aliphatic rings. The van der Waals surface area contributed by atoms with Crippen molar-refractivity contribution in [3.8, 4) is 5.75 Å². The summed E-state index contributed by atoms with van der Waals surface area (Å²) in [5, 5.41) is 16.8. The predicted octanol–water partition coefficient (Wildman–Crippen LogP) is 5.10. The van der Waals surface area contributed by atoms with Crippen LogP contribution in [-0.2, 0) is 16.0 Å². The number of carbonyl (C=O) groups is 2. The van der Waals surface area contributed by atoms with Crippen LogP contribution in [0.25, 0.3) is 0 Å². The highest BCUT2D eigenvalue weighted by molar-refractivity contribution is 5.99. The van der Waals surface area contributed by atoms with Gasteiger partial charge in [-0.3, -0.25) is 19.7 Å². The number of nitrogens with one attached hydrogen (secondary N) is 2. The van der Waals surface area contributed by atoms with Gasteiger partial charge in [-0.2, -0.15) is 0 Å². The molecule has 192 valence electrons. The smallest absolute Gasteiger partial charge is 0.269 e. The lowest BCUT2D eigenvalue weighted by atomic mass is 9.90. The standard InChI is InChI=1S/C30H27N3O5/c1-38-26-18-14-24(15-19-26)31-29(34)27(20-21-12-16-25(17-13-21)33(36)37)32-30(35)28(22-8-4-2-5-9-22)23-10-6-3-7-11-23/h2-19,27-28H,20H2,1H3,(H,31,34)(H,32,35)/t27-/m1/s1. The fourth-order valence-corrected chi connectivity index (χ4v) is 4.14. The normalized spacial score (nSPS) is 11.4. The second-order valence-electron chi connectivity index (χ2n) is 8.66. The van der Waals surface area contributed by atoms with Crippen molar-refractivity contribution >= 4 is 23.2 Å². The molecule has 0 spiro atoms. The van der Waals surface area contributed by atoms with Crippen molar-refractivity contribution in [1.82, 2.24) is 5.32 Å². The Morgan fingerprint density at radius 3 is 1.84 bits per heavy atom. The van der Waals surface area contributed by atoms with Gasteiger partial charge in [0.25, 0.3) is 5.69 Å². The van der Waals surface area contributed by atoms with E-state index in [1.165, 1.54) is 12.1 Å². The van der Waals surface area contributed by atoms with Crippen molar-refractivity contribution in [2.24, 2.45) is 0 Å². The van der Waals surface area contributed by atoms with Crippen LogP contribution in [0, 0.1) is 10.1 Å². The first-order valence-corrected chi connectivity index (χ1v) is 12.0. The molecule has 38 heavy (non-hydrogen) atoms. The summed E-state index contributed by atoms with van der Waals surface area (Å²) in [5.41, 5.74) is 2.75. The molecule has 2 N–H and O–H groups in total. The van der Waals surface area contributed by atoms with Crippen LogP contribution in [0.3, 0.4) is 0 Å². The molecule has 2 amide bonds. The minimum absolute atomic E-state index is 0.0507. The second-order valence-corrected chi connectivity index (χ2v) is 8.66. The van der Waals surface area contributed by atoms with Gasteiger partial charge in [0.15, 0.2) is 0 Å². The molecule has 0 aliphatic carbocycles. The maximum absolute atomic E-state index is 13.7. The first-order chi connectivity index (χ1) is 18.4. The topological polar surface area (TPSA) is 111 Å². The van der Waals surface area contributed by atoms with Gasteiger partial charge in [-0.05, 0) is 41.0 Å². The van der Waals surface area contributed by atoms with Gasteiger partial charge in [-0.25, -0.2) is 0 Å². The highest BCUT2D eigenvalue weighted by atomic mass is 16.6. The van der Waals surface area contributed by atoms with Gasteiger partial charge in [0, 0.05) is 24.2 Å². The molecule has 8 nitrogen and oxygen atoms in total. The number of nitrogens with zero attached hydrogens (tertiary/aromatic N) is 1. The summed E-state index contributed by atoms with van der Waals surface area (Å²) in [6.07, 6.45) is 0.141. The molecule has 4 rings (SSSR count). The number of hydrogen-bond acceptors (Lipinski definition) is 5. The molecule has 0 aliphatic heterocycles. The summed E-state index contributed by atoms with van der Waals surface area (Å²) < 4.78 is 5.17. The highest BCUT2D eigenvalue weighted by Crippen LogP contribution is 2.25. The number of amides is 2. The van der Waals surface area contributed by atoms with Gasteiger partial charge < -0.3 is 15.4 Å². The van der Waals surface area contributed by atoms with Crippen molar-refractivity contribution in [2.75, 3.05) is 12.4 Å². The molecule has 0 radical (unpaired) electrons. The fourth-order valence-electron chi connectivity index (χ4n) is 4.14. The quantitative estimate of drug-likeness (QED) is 0.228. The first kappa shape index (κ1) is 26.1. The van der Waals surface area contributed by atoms with Crippen LogP contribution in [0.2, 0.25) is 0 Å². The van der Waals surface area contributed by atoms with Crippen LogP contribution in [0.1, 0.15) is 22.6 Å². The van der Waals surface area contributed by atoms with Gasteiger partial charge in [0.1, 0.15) is 11.8 Å². The molecule has 0 bridgehead atoms. The third kappa shape index (κ3) is 6.61. The molecule has 0 aromatic heterocycles. The van der Waals surface area contributed by atoms with E-state index >= 15 is 0 Å². The van der Waals surface area contributed by atoms with Crippen molar-refractivity contribution in [1.29, 1.82) is 0 Å². The van der Waals surface area contributed by atoms with Crippen molar-refractivity contribution in [3.05, 3.63) is 136 Å². The Morgan fingerprint density at radius 2 is 1.34 bits per heavy atom. The van der Waals surface area contributed by atoms with Crippen LogP contribution < -0.4 is 15.4 Å². The number of methoxy groups -OCH3 is 1. The molecule has 4 aromatic carbocycles. The number of ether oxygens (including phenoxy) is 1. The van der Waals surface area contributed by atoms with Crippen molar-refractivity contribution < 1.29 is 19.2 Å². The number of anilines is 1. The number of nitro groups is 1. The molecule has 1 atom stereocenters. The van der Waals surface area contributed by atoms with E-state index in [9.17, 15) is 19.7 Å². The predicted molar refractivity (Wildman–Crippen MR) is 145 cm³/mol. The summed E-state index contributed by atoms with van der Waals surface area (Å²) in [5.74, 6) is -0.737. The van der Waals surface area contributed by atoms with Crippen molar-refractivity contribution in [3.63, 3.8) is 0 Å². The van der Waals surface area contributed by atoms with E-state index in [0.717, 1.165) is 11.1 Å². The van der Waals surface area contributed by atoms with E-state index in [1.807, 2.05) is 60.7 Å². The number of non-ortho nitro benzene ring substituents is 1. The van der Waals surface area contributed by atoms with E-state index < -0.39 is 22.8 Å². The number of carbonyl (C=O) groups excluding carboxylic acids is 2. The lowest BCUT2D eigenvalue weighted by Crippen LogP contribution is -2.47. The average molecular weight is 510 g/mol. The Morgan fingerprint density at radius 1 is 0.789 bits per heavy atom. The zero-order chi connectivity index (χ0) is 26.9. The van der Waals surface area contributed by atoms with E-state index in [-0.39, 0.29) is 18.0 Å². The van der Waals surface area contributed by atoms with Gasteiger partial charge in [-0.15, -0.1) is 0 Å². The Hall–Kier alpha value is -4.98. The van der Waals surface area contributed by atoms with Gasteiger partial charge in [0.05, 0.1) is 18.0 Å². The maximum atomic E-state index is 13.7. The zero-order valence-corrected chi connectivity index (χ0v) is 20.7. The monoisotopic (exact) mass is 509 g/mol. The molecular weight excluding hydrogens is 482 g/mol. The maximum Gasteiger partial charge on any atom is 0.269 e. The molecule has 0 saturated heterocycles. The van der Waals surface area contributed by atoms with Crippen molar-refractivity contribution in [2.45, 2.75) is 18.4 Å². The van der Waals surface area contributed by atoms with Crippen LogP contribution in [0.5, 0.6) is 5.75 Å². The van der Waals surface area contributed by atoms with Gasteiger partial charge in [-0.1, -0.05) is 72.8 Å². The fraction of sp³-hybridized carbons (Fsp3) is 0.133. The van der Waals surface area contributed by atoms with Gasteiger partial charge in [0.2, 0.25) is 11.8 Å². The largest absolute Gasteiger partial charge is 0.497 e. The summed E-state index contributed by atoms with van der Waals surface area (Å²) in [7, 11) is 1.55. The lowest BCUT2D eigenvalue weighted by Gasteiger charge is -2.23. The highest BCUT2D eigenvalue weighted by Gasteiger charge is 2.28. The molecule has 0 unspecified atom stereocenters. The second kappa shape index (κ2) is 12.3. The molecule has 0 heterocycles. The Kier molecular flexibility index (Phi) is 8.46. The van der Waals surface area contributed by atoms with Crippen LogP contribution in [-0.4, -0.2) is 29.9 Å². The summed E-state index contributed by atoms with van der Waals surface area (Å²) >= 11 is 0. The van der Waals surface area contributed by atoms with Gasteiger partial charge >= 0.3 is 0 Å². The molecule has 8 heteroatoms. The first-order valence-electron chi connectivity index (χ1n) is 12.0. The Labute approximate surface area is 220 Å². The van der Waals surface area contributed by atoms with E-state index in [4.69, 9.17) is 4.74 Å². The third-order valence-corrected chi connectivity index (χ3v) is 6.11. The number of rotatable bonds is 10. The molecule has 0 fully saturated rings. The third-order valence-electron chi connectivity index (χ3n) is 6.11. The summed E-state index contributed by atoms with van der Waals surface area (Å²) in [6.45, 7) is 0. The molecular formula is C30H27N3O5. The van der Waals surface area contributed by atoms with Crippen LogP contribution in [0.15, 0.2) is 109 Å². The summed E-state index contributed by atoms with van der Waals surface area (Å²) in [4.78, 5) is 37.7. The lowest BCUT2D eigenvalue weighted by molar-refractivity contribution is -0.384. The minimum atomic E-state index is -0.944. The number of hydrogen-bond donors (Lipinski definition) is 2. The Balaban J connectivity index is 1.62. The zero-order valence-electron chi connectivity index (χ0n) is 20.7. The minimum Gasteiger partial charge on any atom is -0.497 e. The molecule has 4 aromatic rings. The average Bonchev–Trinajstić information content (AvgIpc) is 2.94. The van der Waals surface area contributed by atoms with E-state index in [2.05, 4.69) is 10.6 Å². The van der Waals surface area contributed by atoms with E-state index in [0.29, 0.717) is 17.0 Å². The number of benzene rings is 4. The van der Waals surface area contributed by atoms with Crippen LogP contribution >= 0.6 is 0 Å². The SMILES string of the molecule is COc1ccc(NC(=O)[C@@H](Cc2ccc([N+](=O)[O-])cc2)NC(=O)C(c2ccccc2)c2ccccc2)cc1. The molecule has 0 saturated carbocycles.